The van der Waals surface area contributed by atoms with Crippen LogP contribution in [-0.2, 0) is 5.60 Å². The lowest BCUT2D eigenvalue weighted by molar-refractivity contribution is 0.0734. The van der Waals surface area contributed by atoms with Crippen LogP contribution >= 0.6 is 11.6 Å². The summed E-state index contributed by atoms with van der Waals surface area (Å²) in [5, 5.41) is 15.9. The zero-order valence-electron chi connectivity index (χ0n) is 21.0. The molecule has 6 nitrogen and oxygen atoms in total. The highest BCUT2D eigenvalue weighted by Gasteiger charge is 2.28. The van der Waals surface area contributed by atoms with E-state index in [0.717, 1.165) is 11.1 Å². The van der Waals surface area contributed by atoms with Gasteiger partial charge in [-0.1, -0.05) is 66.2 Å². The largest absolute Gasteiger partial charge is 0.384 e. The summed E-state index contributed by atoms with van der Waals surface area (Å²) in [5.74, 6) is 0.377. The lowest BCUT2D eigenvalue weighted by Gasteiger charge is -2.25. The van der Waals surface area contributed by atoms with Gasteiger partial charge in [-0.3, -0.25) is 9.69 Å². The van der Waals surface area contributed by atoms with Crippen molar-refractivity contribution in [1.29, 1.82) is 0 Å². The van der Waals surface area contributed by atoms with Crippen LogP contribution in [0.25, 0.3) is 16.8 Å². The number of nitrogens with zero attached hydrogens (tertiary/aromatic N) is 4. The SMILES string of the molecule is CN(C)CCN(C(=O)c1cccc(-c2ccccc2)c1)c1cc(C(C)(C)O)nn1-c1ccccc1Cl. The van der Waals surface area contributed by atoms with Crippen molar-refractivity contribution < 1.29 is 9.90 Å². The first-order chi connectivity index (χ1) is 17.1. The summed E-state index contributed by atoms with van der Waals surface area (Å²) in [4.78, 5) is 17.8. The number of carbonyl (C=O) groups is 1. The first kappa shape index (κ1) is 25.6. The minimum Gasteiger partial charge on any atom is -0.384 e. The van der Waals surface area contributed by atoms with Gasteiger partial charge in [0.15, 0.2) is 0 Å². The first-order valence-electron chi connectivity index (χ1n) is 11.8. The highest BCUT2D eigenvalue weighted by atomic mass is 35.5. The molecule has 0 radical (unpaired) electrons. The van der Waals surface area contributed by atoms with Crippen molar-refractivity contribution >= 4 is 23.3 Å². The molecule has 0 fully saturated rings. The van der Waals surface area contributed by atoms with Crippen molar-refractivity contribution in [2.24, 2.45) is 0 Å². The molecule has 1 N–H and O–H groups in total. The number of halogens is 1. The predicted molar refractivity (Wildman–Crippen MR) is 146 cm³/mol. The molecule has 186 valence electrons. The maximum absolute atomic E-state index is 14.0. The van der Waals surface area contributed by atoms with Crippen molar-refractivity contribution in [3.05, 3.63) is 101 Å². The Kier molecular flexibility index (Phi) is 7.59. The summed E-state index contributed by atoms with van der Waals surface area (Å²) in [6.07, 6.45) is 0. The smallest absolute Gasteiger partial charge is 0.259 e. The fourth-order valence-corrected chi connectivity index (χ4v) is 4.12. The van der Waals surface area contributed by atoms with E-state index in [1.54, 1.807) is 35.6 Å². The molecule has 0 aliphatic carbocycles. The number of aliphatic hydroxyl groups is 1. The molecule has 4 aromatic rings. The molecule has 0 saturated carbocycles. The number of amides is 1. The van der Waals surface area contributed by atoms with Crippen molar-refractivity contribution in [3.63, 3.8) is 0 Å². The van der Waals surface area contributed by atoms with Gasteiger partial charge in [0.25, 0.3) is 5.91 Å². The van der Waals surface area contributed by atoms with E-state index in [-0.39, 0.29) is 5.91 Å². The van der Waals surface area contributed by atoms with E-state index in [0.29, 0.717) is 40.9 Å². The van der Waals surface area contributed by atoms with E-state index in [2.05, 4.69) is 5.10 Å². The Balaban J connectivity index is 1.84. The molecular weight excluding hydrogens is 472 g/mol. The lowest BCUT2D eigenvalue weighted by Crippen LogP contribution is -2.38. The Morgan fingerprint density at radius 2 is 1.58 bits per heavy atom. The normalized spacial score (nSPS) is 11.6. The molecule has 0 spiro atoms. The van der Waals surface area contributed by atoms with Crippen LogP contribution in [0.15, 0.2) is 84.9 Å². The number of likely N-dealkylation sites (N-methyl/N-ethyl adjacent to an activating group) is 1. The number of para-hydroxylation sites is 1. The Hall–Kier alpha value is -3.45. The van der Waals surface area contributed by atoms with Crippen LogP contribution < -0.4 is 4.90 Å². The molecule has 0 aliphatic heterocycles. The van der Waals surface area contributed by atoms with E-state index < -0.39 is 5.60 Å². The quantitative estimate of drug-likeness (QED) is 0.339. The maximum atomic E-state index is 14.0. The third-order valence-electron chi connectivity index (χ3n) is 5.91. The van der Waals surface area contributed by atoms with E-state index in [1.807, 2.05) is 91.8 Å². The monoisotopic (exact) mass is 502 g/mol. The highest BCUT2D eigenvalue weighted by Crippen LogP contribution is 2.31. The maximum Gasteiger partial charge on any atom is 0.259 e. The van der Waals surface area contributed by atoms with Gasteiger partial charge in [0, 0.05) is 24.7 Å². The molecule has 7 heteroatoms. The van der Waals surface area contributed by atoms with Crippen LogP contribution in [0.5, 0.6) is 0 Å². The van der Waals surface area contributed by atoms with Gasteiger partial charge in [-0.15, -0.1) is 0 Å². The summed E-state index contributed by atoms with van der Waals surface area (Å²) in [7, 11) is 3.93. The molecule has 1 heterocycles. The van der Waals surface area contributed by atoms with Crippen molar-refractivity contribution in [1.82, 2.24) is 14.7 Å². The Morgan fingerprint density at radius 1 is 0.917 bits per heavy atom. The first-order valence-corrected chi connectivity index (χ1v) is 12.2. The minimum atomic E-state index is -1.20. The van der Waals surface area contributed by atoms with Crippen molar-refractivity contribution in [3.8, 4) is 16.8 Å². The van der Waals surface area contributed by atoms with Crippen LogP contribution in [-0.4, -0.2) is 52.9 Å². The summed E-state index contributed by atoms with van der Waals surface area (Å²) >= 11 is 6.54. The average molecular weight is 503 g/mol. The van der Waals surface area contributed by atoms with Crippen LogP contribution in [0.3, 0.4) is 0 Å². The van der Waals surface area contributed by atoms with Crippen LogP contribution in [0.1, 0.15) is 29.9 Å². The number of hydrogen-bond acceptors (Lipinski definition) is 4. The minimum absolute atomic E-state index is 0.162. The van der Waals surface area contributed by atoms with Crippen LogP contribution in [0.2, 0.25) is 5.02 Å². The summed E-state index contributed by atoms with van der Waals surface area (Å²) in [5.41, 5.74) is 2.43. The fourth-order valence-electron chi connectivity index (χ4n) is 3.90. The van der Waals surface area contributed by atoms with E-state index in [4.69, 9.17) is 11.6 Å². The van der Waals surface area contributed by atoms with Crippen molar-refractivity contribution in [2.75, 3.05) is 32.1 Å². The van der Waals surface area contributed by atoms with Crippen LogP contribution in [0, 0.1) is 0 Å². The molecule has 36 heavy (non-hydrogen) atoms. The standard InChI is InChI=1S/C29H31ClN4O2/c1-29(2,36)26-20-27(34(31-26)25-16-9-8-15-24(25)30)33(18-17-32(3)4)28(35)23-14-10-13-22(19-23)21-11-6-5-7-12-21/h5-16,19-20,36H,17-18H2,1-4H3. The topological polar surface area (TPSA) is 61.6 Å². The second kappa shape index (κ2) is 10.7. The fraction of sp³-hybridized carbons (Fsp3) is 0.241. The molecule has 1 aromatic heterocycles. The second-order valence-corrected chi connectivity index (χ2v) is 9.92. The van der Waals surface area contributed by atoms with Gasteiger partial charge in [0.2, 0.25) is 0 Å². The number of aromatic nitrogens is 2. The second-order valence-electron chi connectivity index (χ2n) is 9.52. The number of hydrogen-bond donors (Lipinski definition) is 1. The molecule has 0 bridgehead atoms. The van der Waals surface area contributed by atoms with Gasteiger partial charge in [-0.2, -0.15) is 5.10 Å². The highest BCUT2D eigenvalue weighted by molar-refractivity contribution is 6.32. The van der Waals surface area contributed by atoms with E-state index >= 15 is 0 Å². The average Bonchev–Trinajstić information content (AvgIpc) is 3.30. The Labute approximate surface area is 217 Å². The lowest BCUT2D eigenvalue weighted by atomic mass is 10.0. The third kappa shape index (κ3) is 5.68. The molecule has 3 aromatic carbocycles. The number of anilines is 1. The molecule has 0 atom stereocenters. The van der Waals surface area contributed by atoms with E-state index in [1.165, 1.54) is 0 Å². The zero-order valence-corrected chi connectivity index (χ0v) is 21.8. The van der Waals surface area contributed by atoms with Gasteiger partial charge in [-0.05, 0) is 63.3 Å². The summed E-state index contributed by atoms with van der Waals surface area (Å²) < 4.78 is 1.64. The molecule has 1 amide bonds. The molecule has 4 rings (SSSR count). The molecular formula is C29H31ClN4O2. The van der Waals surface area contributed by atoms with Gasteiger partial charge < -0.3 is 10.0 Å². The van der Waals surface area contributed by atoms with Gasteiger partial charge in [-0.25, -0.2) is 4.68 Å². The van der Waals surface area contributed by atoms with Gasteiger partial charge in [0.1, 0.15) is 11.4 Å². The van der Waals surface area contributed by atoms with Crippen molar-refractivity contribution in [2.45, 2.75) is 19.4 Å². The number of rotatable bonds is 8. The molecule has 0 saturated heterocycles. The molecule has 0 unspecified atom stereocenters. The van der Waals surface area contributed by atoms with Crippen LogP contribution in [0.4, 0.5) is 5.82 Å². The van der Waals surface area contributed by atoms with Gasteiger partial charge in [0.05, 0.1) is 16.4 Å². The number of benzene rings is 3. The molecule has 0 aliphatic rings. The summed E-state index contributed by atoms with van der Waals surface area (Å²) in [6, 6.07) is 26.7. The third-order valence-corrected chi connectivity index (χ3v) is 6.23. The Bertz CT molecular complexity index is 1340. The summed E-state index contributed by atoms with van der Waals surface area (Å²) in [6.45, 7) is 4.40. The Morgan fingerprint density at radius 3 is 2.25 bits per heavy atom. The zero-order chi connectivity index (χ0) is 25.9. The predicted octanol–water partition coefficient (Wildman–Crippen LogP) is 5.63. The van der Waals surface area contributed by atoms with Gasteiger partial charge >= 0.3 is 0 Å². The van der Waals surface area contributed by atoms with E-state index in [9.17, 15) is 9.90 Å². The number of carbonyl (C=O) groups excluding carboxylic acids is 1.